The molecule has 0 saturated carbocycles. The van der Waals surface area contributed by atoms with E-state index in [1.165, 1.54) is 12.7 Å². The standard InChI is InChI=1S/C26H30N4O5/c1-17-3-6-19(7-4-17)24-23(25(31)33-2)20(27-26(32)28-24)15-30-11-9-29(10-12-30)14-18-5-8-21-22(13-18)35-16-34-21/h3-8,13,24H,9-12,14-16H2,1-2H3,(H2,27,28,32). The molecular formula is C26H30N4O5. The summed E-state index contributed by atoms with van der Waals surface area (Å²) in [6.07, 6.45) is 0. The lowest BCUT2D eigenvalue weighted by molar-refractivity contribution is -0.136. The van der Waals surface area contributed by atoms with Gasteiger partial charge in [0.1, 0.15) is 0 Å². The number of amides is 2. The molecule has 0 aliphatic carbocycles. The van der Waals surface area contributed by atoms with Crippen molar-refractivity contribution in [2.45, 2.75) is 19.5 Å². The Labute approximate surface area is 204 Å². The molecule has 2 aromatic carbocycles. The van der Waals surface area contributed by atoms with Crippen LogP contribution in [0, 0.1) is 6.92 Å². The quantitative estimate of drug-likeness (QED) is 0.616. The minimum Gasteiger partial charge on any atom is -0.466 e. The number of rotatable bonds is 6. The number of esters is 1. The number of urea groups is 1. The molecule has 0 radical (unpaired) electrons. The van der Waals surface area contributed by atoms with Crippen molar-refractivity contribution in [2.75, 3.05) is 46.6 Å². The summed E-state index contributed by atoms with van der Waals surface area (Å²) in [5.74, 6) is 1.15. The van der Waals surface area contributed by atoms with Gasteiger partial charge in [-0.2, -0.15) is 0 Å². The Kier molecular flexibility index (Phi) is 6.61. The number of nitrogens with one attached hydrogen (secondary N) is 2. The van der Waals surface area contributed by atoms with Gasteiger partial charge in [0.15, 0.2) is 11.5 Å². The monoisotopic (exact) mass is 478 g/mol. The van der Waals surface area contributed by atoms with E-state index in [9.17, 15) is 9.59 Å². The number of piperazine rings is 1. The zero-order chi connectivity index (χ0) is 24.4. The number of hydrogen-bond donors (Lipinski definition) is 2. The molecule has 2 N–H and O–H groups in total. The van der Waals surface area contributed by atoms with Gasteiger partial charge in [0.05, 0.1) is 18.7 Å². The Bertz CT molecular complexity index is 1140. The van der Waals surface area contributed by atoms with Crippen LogP contribution in [0.5, 0.6) is 11.5 Å². The van der Waals surface area contributed by atoms with Crippen molar-refractivity contribution in [3.05, 3.63) is 70.4 Å². The third-order valence-electron chi connectivity index (χ3n) is 6.66. The van der Waals surface area contributed by atoms with E-state index in [0.717, 1.165) is 55.3 Å². The average molecular weight is 479 g/mol. The molecule has 3 aliphatic rings. The molecule has 0 bridgehead atoms. The van der Waals surface area contributed by atoms with Crippen molar-refractivity contribution in [1.29, 1.82) is 0 Å². The van der Waals surface area contributed by atoms with Crippen LogP contribution in [0.4, 0.5) is 4.79 Å². The zero-order valence-electron chi connectivity index (χ0n) is 20.0. The van der Waals surface area contributed by atoms with Crippen LogP contribution >= 0.6 is 0 Å². The number of hydrogen-bond acceptors (Lipinski definition) is 7. The number of nitrogens with zero attached hydrogens (tertiary/aromatic N) is 2. The maximum absolute atomic E-state index is 12.8. The van der Waals surface area contributed by atoms with E-state index in [4.69, 9.17) is 14.2 Å². The Morgan fingerprint density at radius 3 is 2.40 bits per heavy atom. The van der Waals surface area contributed by atoms with Crippen LogP contribution in [0.25, 0.3) is 0 Å². The van der Waals surface area contributed by atoms with Gasteiger partial charge in [0.25, 0.3) is 0 Å². The first-order chi connectivity index (χ1) is 17.0. The SMILES string of the molecule is COC(=O)C1=C(CN2CCN(Cc3ccc4c(c3)OCO4)CC2)NC(=O)NC1c1ccc(C)cc1. The summed E-state index contributed by atoms with van der Waals surface area (Å²) < 4.78 is 16.0. The number of ether oxygens (including phenoxy) is 3. The van der Waals surface area contributed by atoms with Gasteiger partial charge in [-0.05, 0) is 30.2 Å². The summed E-state index contributed by atoms with van der Waals surface area (Å²) in [5.41, 5.74) is 4.17. The second-order valence-electron chi connectivity index (χ2n) is 9.07. The Morgan fingerprint density at radius 2 is 1.69 bits per heavy atom. The van der Waals surface area contributed by atoms with Gasteiger partial charge >= 0.3 is 12.0 Å². The second-order valence-corrected chi connectivity index (χ2v) is 9.07. The lowest BCUT2D eigenvalue weighted by atomic mass is 9.94. The number of benzene rings is 2. The summed E-state index contributed by atoms with van der Waals surface area (Å²) >= 11 is 0. The summed E-state index contributed by atoms with van der Waals surface area (Å²) in [6, 6.07) is 13.0. The highest BCUT2D eigenvalue weighted by Crippen LogP contribution is 2.33. The summed E-state index contributed by atoms with van der Waals surface area (Å²) in [5, 5.41) is 5.74. The zero-order valence-corrected chi connectivity index (χ0v) is 20.0. The highest BCUT2D eigenvalue weighted by Gasteiger charge is 2.34. The third kappa shape index (κ3) is 5.11. The van der Waals surface area contributed by atoms with Crippen LogP contribution in [0.15, 0.2) is 53.7 Å². The summed E-state index contributed by atoms with van der Waals surface area (Å²) in [4.78, 5) is 29.9. The first-order valence-corrected chi connectivity index (χ1v) is 11.8. The molecule has 3 heterocycles. The number of fused-ring (bicyclic) bond motifs is 1. The fourth-order valence-corrected chi connectivity index (χ4v) is 4.73. The van der Waals surface area contributed by atoms with Crippen LogP contribution in [0.1, 0.15) is 22.7 Å². The molecule has 5 rings (SSSR count). The van der Waals surface area contributed by atoms with E-state index in [1.54, 1.807) is 0 Å². The van der Waals surface area contributed by atoms with Crippen LogP contribution in [0.2, 0.25) is 0 Å². The van der Waals surface area contributed by atoms with Crippen LogP contribution < -0.4 is 20.1 Å². The van der Waals surface area contributed by atoms with Gasteiger partial charge in [0.2, 0.25) is 6.79 Å². The van der Waals surface area contributed by atoms with Crippen molar-refractivity contribution in [2.24, 2.45) is 0 Å². The second kappa shape index (κ2) is 9.97. The van der Waals surface area contributed by atoms with Gasteiger partial charge in [0, 0.05) is 45.0 Å². The summed E-state index contributed by atoms with van der Waals surface area (Å²) in [7, 11) is 1.37. The van der Waals surface area contributed by atoms with Gasteiger partial charge in [-0.1, -0.05) is 35.9 Å². The number of aryl methyl sites for hydroxylation is 1. The van der Waals surface area contributed by atoms with Gasteiger partial charge in [-0.25, -0.2) is 9.59 Å². The minimum atomic E-state index is -0.556. The molecule has 184 valence electrons. The van der Waals surface area contributed by atoms with Gasteiger partial charge in [-0.3, -0.25) is 9.80 Å². The molecular weight excluding hydrogens is 448 g/mol. The van der Waals surface area contributed by atoms with E-state index in [2.05, 4.69) is 26.5 Å². The number of methoxy groups -OCH3 is 1. The number of carbonyl (C=O) groups is 2. The molecule has 0 spiro atoms. The van der Waals surface area contributed by atoms with Crippen molar-refractivity contribution in [1.82, 2.24) is 20.4 Å². The average Bonchev–Trinajstić information content (AvgIpc) is 3.33. The first-order valence-electron chi connectivity index (χ1n) is 11.8. The predicted molar refractivity (Wildman–Crippen MR) is 129 cm³/mol. The molecule has 9 nitrogen and oxygen atoms in total. The van der Waals surface area contributed by atoms with Crippen molar-refractivity contribution in [3.63, 3.8) is 0 Å². The molecule has 1 saturated heterocycles. The molecule has 1 unspecified atom stereocenters. The molecule has 35 heavy (non-hydrogen) atoms. The lowest BCUT2D eigenvalue weighted by Crippen LogP contribution is -2.51. The largest absolute Gasteiger partial charge is 0.466 e. The fraction of sp³-hybridized carbons (Fsp3) is 0.385. The van der Waals surface area contributed by atoms with Gasteiger partial charge in [-0.15, -0.1) is 0 Å². The van der Waals surface area contributed by atoms with Crippen LogP contribution in [-0.2, 0) is 16.1 Å². The highest BCUT2D eigenvalue weighted by molar-refractivity contribution is 5.95. The van der Waals surface area contributed by atoms with Gasteiger partial charge < -0.3 is 24.8 Å². The number of carbonyl (C=O) groups excluding carboxylic acids is 2. The molecule has 2 amide bonds. The van der Waals surface area contributed by atoms with Crippen molar-refractivity contribution < 1.29 is 23.8 Å². The topological polar surface area (TPSA) is 92.4 Å². The smallest absolute Gasteiger partial charge is 0.338 e. The Hall–Kier alpha value is -3.56. The maximum Gasteiger partial charge on any atom is 0.338 e. The van der Waals surface area contributed by atoms with E-state index >= 15 is 0 Å². The first kappa shape index (κ1) is 23.2. The normalized spacial score (nSPS) is 20.4. The lowest BCUT2D eigenvalue weighted by Gasteiger charge is -2.37. The van der Waals surface area contributed by atoms with E-state index < -0.39 is 12.0 Å². The van der Waals surface area contributed by atoms with Crippen LogP contribution in [0.3, 0.4) is 0 Å². The van der Waals surface area contributed by atoms with E-state index in [1.807, 2.05) is 43.3 Å². The van der Waals surface area contributed by atoms with Crippen molar-refractivity contribution >= 4 is 12.0 Å². The third-order valence-corrected chi connectivity index (χ3v) is 6.66. The van der Waals surface area contributed by atoms with Crippen molar-refractivity contribution in [3.8, 4) is 11.5 Å². The fourth-order valence-electron chi connectivity index (χ4n) is 4.73. The Balaban J connectivity index is 1.27. The molecule has 1 atom stereocenters. The maximum atomic E-state index is 12.8. The van der Waals surface area contributed by atoms with E-state index in [0.29, 0.717) is 17.8 Å². The van der Waals surface area contributed by atoms with E-state index in [-0.39, 0.29) is 12.8 Å². The predicted octanol–water partition coefficient (Wildman–Crippen LogP) is 2.32. The van der Waals surface area contributed by atoms with Crippen LogP contribution in [-0.4, -0.2) is 68.4 Å². The molecule has 2 aromatic rings. The minimum absolute atomic E-state index is 0.275. The molecule has 3 aliphatic heterocycles. The molecule has 1 fully saturated rings. The molecule has 9 heteroatoms. The molecule has 0 aromatic heterocycles. The highest BCUT2D eigenvalue weighted by atomic mass is 16.7. The summed E-state index contributed by atoms with van der Waals surface area (Å²) in [6.45, 7) is 6.97. The Morgan fingerprint density at radius 1 is 1.00 bits per heavy atom.